The fourth-order valence-corrected chi connectivity index (χ4v) is 1.48. The van der Waals surface area contributed by atoms with E-state index in [0.29, 0.717) is 12.6 Å². The Hall–Kier alpha value is -1.24. The summed E-state index contributed by atoms with van der Waals surface area (Å²) in [6.45, 7) is 0.445. The molecule has 1 aliphatic carbocycles. The second kappa shape index (κ2) is 5.17. The van der Waals surface area contributed by atoms with Gasteiger partial charge in [0.1, 0.15) is 6.26 Å². The monoisotopic (exact) mass is 263 g/mol. The Kier molecular flexibility index (Phi) is 3.79. The first-order chi connectivity index (χ1) is 8.44. The minimum absolute atomic E-state index is 0.153. The molecular weight excluding hydrogens is 247 g/mol. The lowest BCUT2D eigenvalue weighted by atomic mass is 10.4. The van der Waals surface area contributed by atoms with Crippen LogP contribution in [0.5, 0.6) is 0 Å². The summed E-state index contributed by atoms with van der Waals surface area (Å²) in [7, 11) is 1.54. The van der Waals surface area contributed by atoms with Gasteiger partial charge in [-0.25, -0.2) is 0 Å². The zero-order valence-electron chi connectivity index (χ0n) is 10.1. The van der Waals surface area contributed by atoms with Crippen molar-refractivity contribution in [2.45, 2.75) is 38.0 Å². The zero-order chi connectivity index (χ0) is 13.2. The van der Waals surface area contributed by atoms with Crippen LogP contribution in [-0.2, 0) is 6.54 Å². The fraction of sp³-hybridized carbons (Fsp3) is 0.727. The molecule has 0 unspecified atom stereocenters. The Labute approximate surface area is 103 Å². The molecule has 18 heavy (non-hydrogen) atoms. The van der Waals surface area contributed by atoms with Crippen LogP contribution in [0.3, 0.4) is 0 Å². The molecule has 1 aromatic heterocycles. The van der Waals surface area contributed by atoms with E-state index in [0.717, 1.165) is 5.69 Å². The van der Waals surface area contributed by atoms with E-state index < -0.39 is 12.6 Å². The SMILES string of the molecule is CN(CCC(F)(F)F)c1nc(CNC2CC2)co1. The first-order valence-corrected chi connectivity index (χ1v) is 5.90. The lowest BCUT2D eigenvalue weighted by molar-refractivity contribution is -0.132. The van der Waals surface area contributed by atoms with Gasteiger partial charge in [0.25, 0.3) is 6.01 Å². The van der Waals surface area contributed by atoms with Crippen molar-refractivity contribution in [3.8, 4) is 0 Å². The Bertz CT molecular complexity index is 387. The van der Waals surface area contributed by atoms with Crippen LogP contribution in [0.25, 0.3) is 0 Å². The van der Waals surface area contributed by atoms with E-state index in [1.165, 1.54) is 31.1 Å². The number of aromatic nitrogens is 1. The van der Waals surface area contributed by atoms with Gasteiger partial charge in [-0.3, -0.25) is 0 Å². The normalized spacial score (nSPS) is 16.0. The third-order valence-corrected chi connectivity index (χ3v) is 2.75. The number of rotatable bonds is 6. The molecule has 0 radical (unpaired) electrons. The average Bonchev–Trinajstić information content (AvgIpc) is 3.00. The van der Waals surface area contributed by atoms with Crippen molar-refractivity contribution in [1.29, 1.82) is 0 Å². The zero-order valence-corrected chi connectivity index (χ0v) is 10.1. The summed E-state index contributed by atoms with van der Waals surface area (Å²) < 4.78 is 41.3. The highest BCUT2D eigenvalue weighted by molar-refractivity contribution is 5.25. The molecule has 7 heteroatoms. The summed E-state index contributed by atoms with van der Waals surface area (Å²) in [6, 6.07) is 0.792. The average molecular weight is 263 g/mol. The van der Waals surface area contributed by atoms with E-state index in [2.05, 4.69) is 10.3 Å². The van der Waals surface area contributed by atoms with Gasteiger partial charge >= 0.3 is 6.18 Å². The van der Waals surface area contributed by atoms with E-state index in [4.69, 9.17) is 4.42 Å². The molecule has 1 aliphatic rings. The summed E-state index contributed by atoms with van der Waals surface area (Å²) in [5.41, 5.74) is 0.718. The second-order valence-electron chi connectivity index (χ2n) is 4.56. The van der Waals surface area contributed by atoms with Gasteiger partial charge in [-0.05, 0) is 12.8 Å². The lowest BCUT2D eigenvalue weighted by Crippen LogP contribution is -2.24. The van der Waals surface area contributed by atoms with Gasteiger partial charge in [-0.2, -0.15) is 18.2 Å². The maximum Gasteiger partial charge on any atom is 0.390 e. The van der Waals surface area contributed by atoms with Crippen LogP contribution in [0.1, 0.15) is 25.0 Å². The number of halogens is 3. The number of anilines is 1. The van der Waals surface area contributed by atoms with Gasteiger partial charge in [0.15, 0.2) is 0 Å². The predicted molar refractivity (Wildman–Crippen MR) is 60.3 cm³/mol. The summed E-state index contributed by atoms with van der Waals surface area (Å²) >= 11 is 0. The fourth-order valence-electron chi connectivity index (χ4n) is 1.48. The maximum absolute atomic E-state index is 12.1. The van der Waals surface area contributed by atoms with Gasteiger partial charge in [-0.15, -0.1) is 0 Å². The molecular formula is C11H16F3N3O. The van der Waals surface area contributed by atoms with E-state index >= 15 is 0 Å². The summed E-state index contributed by atoms with van der Waals surface area (Å²) in [5.74, 6) is 0. The standard InChI is InChI=1S/C11H16F3N3O/c1-17(5-4-11(12,13)14)10-16-9(7-18-10)6-15-8-2-3-8/h7-8,15H,2-6H2,1H3. The van der Waals surface area contributed by atoms with Crippen molar-refractivity contribution in [1.82, 2.24) is 10.3 Å². The third-order valence-electron chi connectivity index (χ3n) is 2.75. The van der Waals surface area contributed by atoms with Gasteiger partial charge in [0.2, 0.25) is 0 Å². The van der Waals surface area contributed by atoms with Gasteiger partial charge in [0.05, 0.1) is 12.1 Å². The number of oxazole rings is 1. The molecule has 1 saturated carbocycles. The molecule has 2 rings (SSSR count). The molecule has 1 fully saturated rings. The van der Waals surface area contributed by atoms with Crippen molar-refractivity contribution in [2.24, 2.45) is 0 Å². The Morgan fingerprint density at radius 1 is 1.50 bits per heavy atom. The van der Waals surface area contributed by atoms with Crippen molar-refractivity contribution in [3.05, 3.63) is 12.0 Å². The number of hydrogen-bond acceptors (Lipinski definition) is 4. The highest BCUT2D eigenvalue weighted by atomic mass is 19.4. The molecule has 0 amide bonds. The molecule has 0 saturated heterocycles. The summed E-state index contributed by atoms with van der Waals surface area (Å²) in [4.78, 5) is 5.51. The van der Waals surface area contributed by atoms with Crippen molar-refractivity contribution in [3.63, 3.8) is 0 Å². The van der Waals surface area contributed by atoms with E-state index in [1.807, 2.05) is 0 Å². The minimum Gasteiger partial charge on any atom is -0.432 e. The van der Waals surface area contributed by atoms with E-state index in [1.54, 1.807) is 0 Å². The number of alkyl halides is 3. The molecule has 1 aromatic rings. The predicted octanol–water partition coefficient (Wildman–Crippen LogP) is 2.32. The molecule has 0 atom stereocenters. The molecule has 1 heterocycles. The maximum atomic E-state index is 12.1. The smallest absolute Gasteiger partial charge is 0.390 e. The van der Waals surface area contributed by atoms with Gasteiger partial charge in [0, 0.05) is 26.2 Å². The minimum atomic E-state index is -4.16. The van der Waals surface area contributed by atoms with Gasteiger partial charge < -0.3 is 14.6 Å². The molecule has 102 valence electrons. The van der Waals surface area contributed by atoms with E-state index in [-0.39, 0.29) is 12.6 Å². The molecule has 0 aromatic carbocycles. The lowest BCUT2D eigenvalue weighted by Gasteiger charge is -2.15. The number of nitrogens with zero attached hydrogens (tertiary/aromatic N) is 2. The van der Waals surface area contributed by atoms with Crippen LogP contribution in [-0.4, -0.2) is 30.8 Å². The van der Waals surface area contributed by atoms with Crippen LogP contribution in [0.2, 0.25) is 0 Å². The molecule has 0 aliphatic heterocycles. The van der Waals surface area contributed by atoms with Crippen LogP contribution in [0.15, 0.2) is 10.7 Å². The van der Waals surface area contributed by atoms with Crippen molar-refractivity contribution in [2.75, 3.05) is 18.5 Å². The van der Waals surface area contributed by atoms with Crippen LogP contribution in [0.4, 0.5) is 19.2 Å². The topological polar surface area (TPSA) is 41.3 Å². The van der Waals surface area contributed by atoms with Gasteiger partial charge in [-0.1, -0.05) is 0 Å². The second-order valence-corrected chi connectivity index (χ2v) is 4.56. The highest BCUT2D eigenvalue weighted by Gasteiger charge is 2.28. The Balaban J connectivity index is 1.80. The summed E-state index contributed by atoms with van der Waals surface area (Å²) in [6.07, 6.45) is -1.19. The number of hydrogen-bond donors (Lipinski definition) is 1. The third kappa shape index (κ3) is 4.21. The first-order valence-electron chi connectivity index (χ1n) is 5.90. The molecule has 4 nitrogen and oxygen atoms in total. The summed E-state index contributed by atoms with van der Waals surface area (Å²) in [5, 5.41) is 3.26. The molecule has 0 bridgehead atoms. The van der Waals surface area contributed by atoms with Crippen molar-refractivity contribution < 1.29 is 17.6 Å². The quantitative estimate of drug-likeness (QED) is 0.855. The molecule has 1 N–H and O–H groups in total. The van der Waals surface area contributed by atoms with Crippen LogP contribution in [0, 0.1) is 0 Å². The van der Waals surface area contributed by atoms with Crippen LogP contribution < -0.4 is 10.2 Å². The largest absolute Gasteiger partial charge is 0.432 e. The Morgan fingerprint density at radius 3 is 2.83 bits per heavy atom. The van der Waals surface area contributed by atoms with Crippen LogP contribution >= 0.6 is 0 Å². The highest BCUT2D eigenvalue weighted by Crippen LogP contribution is 2.22. The Morgan fingerprint density at radius 2 is 2.22 bits per heavy atom. The first kappa shape index (κ1) is 13.2. The number of nitrogens with one attached hydrogen (secondary N) is 1. The van der Waals surface area contributed by atoms with Crippen molar-refractivity contribution >= 4 is 6.01 Å². The van der Waals surface area contributed by atoms with E-state index in [9.17, 15) is 13.2 Å². The molecule has 0 spiro atoms.